The van der Waals surface area contributed by atoms with Crippen molar-refractivity contribution < 1.29 is 5.11 Å². The molecule has 23 heavy (non-hydrogen) atoms. The monoisotopic (exact) mass is 326 g/mol. The summed E-state index contributed by atoms with van der Waals surface area (Å²) in [6.45, 7) is 1.86. The van der Waals surface area contributed by atoms with Gasteiger partial charge in [-0.25, -0.2) is 4.57 Å². The van der Waals surface area contributed by atoms with Crippen molar-refractivity contribution in [2.75, 3.05) is 7.05 Å². The molecule has 116 valence electrons. The molecular formula is C18H15ClN2O2. The summed E-state index contributed by atoms with van der Waals surface area (Å²) >= 11 is 6.07. The third kappa shape index (κ3) is 2.51. The van der Waals surface area contributed by atoms with Crippen LogP contribution in [0.5, 0.6) is 5.88 Å². The van der Waals surface area contributed by atoms with E-state index in [1.165, 1.54) is 4.57 Å². The lowest BCUT2D eigenvalue weighted by Crippen LogP contribution is -2.20. The minimum atomic E-state index is -0.295. The number of nitrogens with zero attached hydrogens (tertiary/aromatic N) is 2. The highest BCUT2D eigenvalue weighted by atomic mass is 35.5. The lowest BCUT2D eigenvalue weighted by Gasteiger charge is -2.15. The Morgan fingerprint density at radius 3 is 2.57 bits per heavy atom. The molecule has 0 spiro atoms. The van der Waals surface area contributed by atoms with E-state index in [1.807, 2.05) is 19.1 Å². The molecule has 0 radical (unpaired) electrons. The van der Waals surface area contributed by atoms with Gasteiger partial charge in [0.1, 0.15) is 0 Å². The Morgan fingerprint density at radius 2 is 1.87 bits per heavy atom. The molecule has 0 aliphatic carbocycles. The van der Waals surface area contributed by atoms with E-state index in [2.05, 4.69) is 4.99 Å². The van der Waals surface area contributed by atoms with E-state index < -0.39 is 0 Å². The summed E-state index contributed by atoms with van der Waals surface area (Å²) in [6.07, 6.45) is 1.55. The highest BCUT2D eigenvalue weighted by molar-refractivity contribution is 6.30. The van der Waals surface area contributed by atoms with Crippen LogP contribution >= 0.6 is 11.6 Å². The normalized spacial score (nSPS) is 11.4. The van der Waals surface area contributed by atoms with Gasteiger partial charge in [-0.05, 0) is 30.7 Å². The number of halogens is 1. The van der Waals surface area contributed by atoms with E-state index in [9.17, 15) is 9.90 Å². The fourth-order valence-corrected chi connectivity index (χ4v) is 2.83. The lowest BCUT2D eigenvalue weighted by atomic mass is 10.1. The topological polar surface area (TPSA) is 54.6 Å². The highest BCUT2D eigenvalue weighted by Gasteiger charge is 2.17. The van der Waals surface area contributed by atoms with E-state index in [4.69, 9.17) is 11.6 Å². The summed E-state index contributed by atoms with van der Waals surface area (Å²) in [5, 5.41) is 12.4. The number of aromatic nitrogens is 1. The average molecular weight is 327 g/mol. The third-order valence-electron chi connectivity index (χ3n) is 3.77. The molecule has 0 aliphatic rings. The first kappa shape index (κ1) is 15.3. The molecule has 0 bridgehead atoms. The third-order valence-corrected chi connectivity index (χ3v) is 4.01. The van der Waals surface area contributed by atoms with Crippen molar-refractivity contribution >= 4 is 28.6 Å². The predicted octanol–water partition coefficient (Wildman–Crippen LogP) is 3.71. The second-order valence-electron chi connectivity index (χ2n) is 5.24. The van der Waals surface area contributed by atoms with Gasteiger partial charge in [-0.2, -0.15) is 0 Å². The number of pyridine rings is 1. The molecule has 5 heteroatoms. The molecule has 3 rings (SSSR count). The molecule has 4 nitrogen and oxygen atoms in total. The number of aliphatic imine (C=N–C) groups is 1. The fraction of sp³-hybridized carbons (Fsp3) is 0.111. The standard InChI is InChI=1S/C18H15ClN2O2/c1-11-7-8-12(19)9-16(11)21-17(22)14-6-4-3-5-13(14)15(10-20-2)18(21)23/h3-10,23H,1-2H3. The van der Waals surface area contributed by atoms with Gasteiger partial charge in [0.25, 0.3) is 5.56 Å². The maximum atomic E-state index is 12.9. The number of hydrogen-bond donors (Lipinski definition) is 1. The summed E-state index contributed by atoms with van der Waals surface area (Å²) < 4.78 is 1.28. The van der Waals surface area contributed by atoms with E-state index in [-0.39, 0.29) is 11.4 Å². The summed E-state index contributed by atoms with van der Waals surface area (Å²) in [7, 11) is 1.62. The SMILES string of the molecule is CN=Cc1c(O)n(-c2cc(Cl)ccc2C)c(=O)c2ccccc12. The molecule has 3 aromatic rings. The summed E-state index contributed by atoms with van der Waals surface area (Å²) in [4.78, 5) is 16.9. The van der Waals surface area contributed by atoms with E-state index in [1.54, 1.807) is 43.6 Å². The first-order valence-electron chi connectivity index (χ1n) is 7.10. The zero-order chi connectivity index (χ0) is 16.6. The maximum Gasteiger partial charge on any atom is 0.265 e. The molecule has 1 heterocycles. The van der Waals surface area contributed by atoms with Crippen molar-refractivity contribution in [1.29, 1.82) is 0 Å². The van der Waals surface area contributed by atoms with Crippen molar-refractivity contribution in [2.24, 2.45) is 4.99 Å². The van der Waals surface area contributed by atoms with Gasteiger partial charge in [0, 0.05) is 29.1 Å². The van der Waals surface area contributed by atoms with Crippen LogP contribution in [0.4, 0.5) is 0 Å². The van der Waals surface area contributed by atoms with Crippen molar-refractivity contribution in [2.45, 2.75) is 6.92 Å². The Bertz CT molecular complexity index is 990. The second kappa shape index (κ2) is 5.89. The van der Waals surface area contributed by atoms with Gasteiger partial charge >= 0.3 is 0 Å². The number of benzene rings is 2. The van der Waals surface area contributed by atoms with Crippen LogP contribution in [0.25, 0.3) is 16.5 Å². The quantitative estimate of drug-likeness (QED) is 0.730. The second-order valence-corrected chi connectivity index (χ2v) is 5.68. The van der Waals surface area contributed by atoms with E-state index >= 15 is 0 Å². The van der Waals surface area contributed by atoms with Crippen LogP contribution in [0.3, 0.4) is 0 Å². The number of rotatable bonds is 2. The highest BCUT2D eigenvalue weighted by Crippen LogP contribution is 2.28. The zero-order valence-corrected chi connectivity index (χ0v) is 13.5. The van der Waals surface area contributed by atoms with Crippen molar-refractivity contribution in [3.05, 3.63) is 69.0 Å². The van der Waals surface area contributed by atoms with Crippen molar-refractivity contribution in [3.63, 3.8) is 0 Å². The Hall–Kier alpha value is -2.59. The van der Waals surface area contributed by atoms with E-state index in [0.29, 0.717) is 27.0 Å². The Balaban J connectivity index is 2.51. The van der Waals surface area contributed by atoms with Gasteiger partial charge in [0.05, 0.1) is 11.3 Å². The van der Waals surface area contributed by atoms with Gasteiger partial charge in [0.2, 0.25) is 5.88 Å². The fourth-order valence-electron chi connectivity index (χ4n) is 2.67. The van der Waals surface area contributed by atoms with Gasteiger partial charge in [-0.3, -0.25) is 9.79 Å². The van der Waals surface area contributed by atoms with Crippen LogP contribution < -0.4 is 5.56 Å². The minimum absolute atomic E-state index is 0.148. The molecule has 0 unspecified atom stereocenters. The van der Waals surface area contributed by atoms with Gasteiger partial charge in [-0.1, -0.05) is 35.9 Å². The predicted molar refractivity (Wildman–Crippen MR) is 94.5 cm³/mol. The zero-order valence-electron chi connectivity index (χ0n) is 12.7. The summed E-state index contributed by atoms with van der Waals surface area (Å²) in [5.74, 6) is -0.148. The lowest BCUT2D eigenvalue weighted by molar-refractivity contribution is 0.436. The van der Waals surface area contributed by atoms with Crippen LogP contribution in [-0.4, -0.2) is 22.9 Å². The largest absolute Gasteiger partial charge is 0.494 e. The number of fused-ring (bicyclic) bond motifs is 1. The average Bonchev–Trinajstić information content (AvgIpc) is 2.55. The molecule has 0 atom stereocenters. The molecule has 1 aromatic heterocycles. The number of hydrogen-bond acceptors (Lipinski definition) is 3. The molecule has 0 saturated carbocycles. The molecule has 0 amide bonds. The molecule has 0 fully saturated rings. The maximum absolute atomic E-state index is 12.9. The first-order chi connectivity index (χ1) is 11.0. The summed E-state index contributed by atoms with van der Waals surface area (Å²) in [5.41, 5.74) is 1.59. The Labute approximate surface area is 138 Å². The minimum Gasteiger partial charge on any atom is -0.494 e. The smallest absolute Gasteiger partial charge is 0.265 e. The van der Waals surface area contributed by atoms with Crippen molar-refractivity contribution in [3.8, 4) is 11.6 Å². The number of aromatic hydroxyl groups is 1. The molecule has 1 N–H and O–H groups in total. The van der Waals surface area contributed by atoms with Crippen LogP contribution in [-0.2, 0) is 0 Å². The first-order valence-corrected chi connectivity index (χ1v) is 7.47. The van der Waals surface area contributed by atoms with Gasteiger partial charge in [0.15, 0.2) is 0 Å². The number of aryl methyl sites for hydroxylation is 1. The van der Waals surface area contributed by atoms with E-state index in [0.717, 1.165) is 5.56 Å². The van der Waals surface area contributed by atoms with Crippen LogP contribution in [0, 0.1) is 6.92 Å². The van der Waals surface area contributed by atoms with Crippen LogP contribution in [0.2, 0.25) is 5.02 Å². The molecular weight excluding hydrogens is 312 g/mol. The van der Waals surface area contributed by atoms with Crippen LogP contribution in [0.1, 0.15) is 11.1 Å². The molecule has 0 aliphatic heterocycles. The Kier molecular flexibility index (Phi) is 3.92. The molecule has 0 saturated heterocycles. The van der Waals surface area contributed by atoms with Crippen LogP contribution in [0.15, 0.2) is 52.3 Å². The van der Waals surface area contributed by atoms with Gasteiger partial charge in [-0.15, -0.1) is 0 Å². The van der Waals surface area contributed by atoms with Gasteiger partial charge < -0.3 is 5.11 Å². The summed E-state index contributed by atoms with van der Waals surface area (Å²) in [6, 6.07) is 12.4. The molecule has 2 aromatic carbocycles. The Morgan fingerprint density at radius 1 is 1.17 bits per heavy atom. The van der Waals surface area contributed by atoms with Crippen molar-refractivity contribution in [1.82, 2.24) is 4.57 Å².